The molecule has 0 amide bonds. The van der Waals surface area contributed by atoms with E-state index < -0.39 is 0 Å². The van der Waals surface area contributed by atoms with Crippen molar-refractivity contribution in [3.8, 4) is 0 Å². The zero-order valence-corrected chi connectivity index (χ0v) is 12.3. The molecule has 1 heterocycles. The van der Waals surface area contributed by atoms with Crippen LogP contribution >= 0.6 is 0 Å². The van der Waals surface area contributed by atoms with E-state index in [9.17, 15) is 5.11 Å². The number of piperidine rings is 1. The third-order valence-electron chi connectivity index (χ3n) is 4.02. The van der Waals surface area contributed by atoms with Gasteiger partial charge in [0.1, 0.15) is 0 Å². The highest BCUT2D eigenvalue weighted by Gasteiger charge is 2.15. The molecule has 0 unspecified atom stereocenters. The number of aliphatic hydroxyl groups excluding tert-OH is 1. The summed E-state index contributed by atoms with van der Waals surface area (Å²) >= 11 is 0. The van der Waals surface area contributed by atoms with Gasteiger partial charge < -0.3 is 5.11 Å². The lowest BCUT2D eigenvalue weighted by atomic mass is 10.0. The van der Waals surface area contributed by atoms with Crippen LogP contribution in [0, 0.1) is 20.8 Å². The molecule has 1 aromatic rings. The van der Waals surface area contributed by atoms with E-state index in [1.807, 2.05) is 0 Å². The van der Waals surface area contributed by atoms with E-state index in [-0.39, 0.29) is 6.10 Å². The minimum Gasteiger partial charge on any atom is -0.392 e. The molecule has 2 heteroatoms. The average molecular weight is 259 g/mol. The summed E-state index contributed by atoms with van der Waals surface area (Å²) in [6.45, 7) is 9.34. The Morgan fingerprint density at radius 3 is 2.68 bits per heavy atom. The van der Waals surface area contributed by atoms with Gasteiger partial charge in [-0.05, 0) is 62.4 Å². The van der Waals surface area contributed by atoms with E-state index in [0.29, 0.717) is 0 Å². The average Bonchev–Trinajstić information content (AvgIpc) is 2.35. The van der Waals surface area contributed by atoms with Crippen LogP contribution in [0.1, 0.15) is 35.1 Å². The number of benzene rings is 1. The molecule has 1 atom stereocenters. The van der Waals surface area contributed by atoms with E-state index in [1.54, 1.807) is 0 Å². The molecule has 0 aromatic heterocycles. The van der Waals surface area contributed by atoms with Gasteiger partial charge in [0, 0.05) is 13.1 Å². The van der Waals surface area contributed by atoms with Gasteiger partial charge in [-0.1, -0.05) is 24.3 Å². The van der Waals surface area contributed by atoms with Crippen LogP contribution in [-0.2, 0) is 0 Å². The molecule has 104 valence electrons. The van der Waals surface area contributed by atoms with Crippen LogP contribution < -0.4 is 0 Å². The van der Waals surface area contributed by atoms with Crippen molar-refractivity contribution < 1.29 is 5.11 Å². The van der Waals surface area contributed by atoms with E-state index >= 15 is 0 Å². The minimum absolute atomic E-state index is 0.134. The number of nitrogens with zero attached hydrogens (tertiary/aromatic N) is 1. The Labute approximate surface area is 116 Å². The van der Waals surface area contributed by atoms with Gasteiger partial charge in [0.25, 0.3) is 0 Å². The van der Waals surface area contributed by atoms with Crippen LogP contribution in [0.5, 0.6) is 0 Å². The van der Waals surface area contributed by atoms with Crippen molar-refractivity contribution in [3.05, 3.63) is 40.5 Å². The monoisotopic (exact) mass is 259 g/mol. The fraction of sp³-hybridized carbons (Fsp3) is 0.529. The van der Waals surface area contributed by atoms with E-state index in [0.717, 1.165) is 32.5 Å². The summed E-state index contributed by atoms with van der Waals surface area (Å²) in [5, 5.41) is 9.64. The zero-order chi connectivity index (χ0) is 13.8. The minimum atomic E-state index is -0.134. The first-order valence-electron chi connectivity index (χ1n) is 7.21. The summed E-state index contributed by atoms with van der Waals surface area (Å²) in [6.07, 6.45) is 6.36. The lowest BCUT2D eigenvalue weighted by molar-refractivity contribution is 0.0771. The molecule has 0 aliphatic carbocycles. The first kappa shape index (κ1) is 14.3. The van der Waals surface area contributed by atoms with Gasteiger partial charge in [0.05, 0.1) is 6.10 Å². The summed E-state index contributed by atoms with van der Waals surface area (Å²) in [5.41, 5.74) is 5.34. The van der Waals surface area contributed by atoms with Crippen LogP contribution in [0.2, 0.25) is 0 Å². The van der Waals surface area contributed by atoms with E-state index in [4.69, 9.17) is 0 Å². The predicted molar refractivity (Wildman–Crippen MR) is 81.4 cm³/mol. The standard InChI is InChI=1S/C17H25NO/c1-13-10-15(3)16(11-14(13)2)6-4-8-18-9-5-7-17(19)12-18/h4,6,10-11,17,19H,5,7-9,12H2,1-3H3/b6-4+/t17-/m1/s1. The second-order valence-corrected chi connectivity index (χ2v) is 5.75. The van der Waals surface area contributed by atoms with Crippen molar-refractivity contribution in [1.29, 1.82) is 0 Å². The lowest BCUT2D eigenvalue weighted by Gasteiger charge is -2.28. The van der Waals surface area contributed by atoms with Gasteiger partial charge in [-0.25, -0.2) is 0 Å². The first-order chi connectivity index (χ1) is 9.06. The molecule has 0 spiro atoms. The molecule has 0 saturated carbocycles. The quantitative estimate of drug-likeness (QED) is 0.901. The predicted octanol–water partition coefficient (Wildman–Crippen LogP) is 3.08. The smallest absolute Gasteiger partial charge is 0.0667 e. The maximum absolute atomic E-state index is 9.64. The van der Waals surface area contributed by atoms with E-state index in [1.165, 1.54) is 22.3 Å². The number of β-amino-alcohol motifs (C(OH)–C–C–N with tert-alkyl or cyclic N) is 1. The SMILES string of the molecule is Cc1cc(C)c(/C=C/CN2CCC[C@@H](O)C2)cc1C. The molecule has 1 aliphatic heterocycles. The van der Waals surface area contributed by atoms with Gasteiger partial charge in [-0.3, -0.25) is 4.90 Å². The normalized spacial score (nSPS) is 21.2. The molecule has 2 nitrogen and oxygen atoms in total. The molecule has 1 aromatic carbocycles. The van der Waals surface area contributed by atoms with Crippen molar-refractivity contribution >= 4 is 6.08 Å². The van der Waals surface area contributed by atoms with Gasteiger partial charge >= 0.3 is 0 Å². The molecular formula is C17H25NO. The van der Waals surface area contributed by atoms with Crippen LogP contribution in [0.25, 0.3) is 6.08 Å². The second kappa shape index (κ2) is 6.36. The molecule has 0 bridgehead atoms. The first-order valence-corrected chi connectivity index (χ1v) is 7.21. The Hall–Kier alpha value is -1.12. The Morgan fingerprint density at radius 2 is 1.95 bits per heavy atom. The summed E-state index contributed by atoms with van der Waals surface area (Å²) in [7, 11) is 0. The Balaban J connectivity index is 1.97. The van der Waals surface area contributed by atoms with Crippen LogP contribution in [0.15, 0.2) is 18.2 Å². The van der Waals surface area contributed by atoms with Crippen molar-refractivity contribution in [2.75, 3.05) is 19.6 Å². The molecule has 1 fully saturated rings. The molecule has 2 rings (SSSR count). The second-order valence-electron chi connectivity index (χ2n) is 5.75. The fourth-order valence-electron chi connectivity index (χ4n) is 2.69. The number of aliphatic hydroxyl groups is 1. The number of hydrogen-bond donors (Lipinski definition) is 1. The number of hydrogen-bond acceptors (Lipinski definition) is 2. The Bertz CT molecular complexity index is 465. The number of rotatable bonds is 3. The summed E-state index contributed by atoms with van der Waals surface area (Å²) in [4.78, 5) is 2.32. The van der Waals surface area contributed by atoms with Crippen molar-refractivity contribution in [2.45, 2.75) is 39.7 Å². The molecule has 1 saturated heterocycles. The number of likely N-dealkylation sites (tertiary alicyclic amines) is 1. The van der Waals surface area contributed by atoms with Gasteiger partial charge in [0.15, 0.2) is 0 Å². The third-order valence-corrected chi connectivity index (χ3v) is 4.02. The van der Waals surface area contributed by atoms with Crippen LogP contribution in [-0.4, -0.2) is 35.7 Å². The van der Waals surface area contributed by atoms with Crippen molar-refractivity contribution in [1.82, 2.24) is 4.90 Å². The summed E-state index contributed by atoms with van der Waals surface area (Å²) in [5.74, 6) is 0. The lowest BCUT2D eigenvalue weighted by Crippen LogP contribution is -2.38. The summed E-state index contributed by atoms with van der Waals surface area (Å²) in [6, 6.07) is 4.51. The molecule has 19 heavy (non-hydrogen) atoms. The van der Waals surface area contributed by atoms with Gasteiger partial charge in [0.2, 0.25) is 0 Å². The Kier molecular flexibility index (Phi) is 4.78. The maximum Gasteiger partial charge on any atom is 0.0667 e. The number of aryl methyl sites for hydroxylation is 3. The van der Waals surface area contributed by atoms with Crippen LogP contribution in [0.3, 0.4) is 0 Å². The van der Waals surface area contributed by atoms with Crippen molar-refractivity contribution in [3.63, 3.8) is 0 Å². The highest BCUT2D eigenvalue weighted by Crippen LogP contribution is 2.17. The van der Waals surface area contributed by atoms with Gasteiger partial charge in [-0.2, -0.15) is 0 Å². The van der Waals surface area contributed by atoms with E-state index in [2.05, 4.69) is 50.0 Å². The molecular weight excluding hydrogens is 234 g/mol. The molecule has 1 aliphatic rings. The Morgan fingerprint density at radius 1 is 1.21 bits per heavy atom. The molecule has 1 N–H and O–H groups in total. The van der Waals surface area contributed by atoms with Gasteiger partial charge in [-0.15, -0.1) is 0 Å². The maximum atomic E-state index is 9.64. The third kappa shape index (κ3) is 3.92. The summed E-state index contributed by atoms with van der Waals surface area (Å²) < 4.78 is 0. The highest BCUT2D eigenvalue weighted by atomic mass is 16.3. The van der Waals surface area contributed by atoms with Crippen molar-refractivity contribution in [2.24, 2.45) is 0 Å². The fourth-order valence-corrected chi connectivity index (χ4v) is 2.69. The van der Waals surface area contributed by atoms with Crippen LogP contribution in [0.4, 0.5) is 0 Å². The highest BCUT2D eigenvalue weighted by molar-refractivity contribution is 5.56. The zero-order valence-electron chi connectivity index (χ0n) is 12.3. The topological polar surface area (TPSA) is 23.5 Å². The largest absolute Gasteiger partial charge is 0.392 e. The molecule has 0 radical (unpaired) electrons.